The molecule has 0 unspecified atom stereocenters. The minimum absolute atomic E-state index is 0.00448. The number of carbonyl (C=O) groups excluding carboxylic acids is 2. The van der Waals surface area contributed by atoms with Crippen LogP contribution in [0, 0.1) is 0 Å². The molecule has 1 heterocycles. The highest BCUT2D eigenvalue weighted by atomic mass is 32.2. The summed E-state index contributed by atoms with van der Waals surface area (Å²) in [5.74, 6) is -0.942. The summed E-state index contributed by atoms with van der Waals surface area (Å²) in [6.07, 6.45) is 2.58. The van der Waals surface area contributed by atoms with Crippen molar-refractivity contribution < 1.29 is 24.2 Å². The second kappa shape index (κ2) is 11.6. The molecule has 2 aromatic carbocycles. The molecule has 1 aliphatic rings. The molecule has 182 valence electrons. The summed E-state index contributed by atoms with van der Waals surface area (Å²) >= 11 is 1.29. The molecular weight excluding hydrogens is 468 g/mol. The number of hydrogen-bond acceptors (Lipinski definition) is 6. The van der Waals surface area contributed by atoms with Crippen LogP contribution in [0.4, 0.5) is 4.79 Å². The minimum Gasteiger partial charge on any atom is -0.480 e. The van der Waals surface area contributed by atoms with E-state index < -0.39 is 18.1 Å². The number of carboxylic acids is 1. The predicted molar refractivity (Wildman–Crippen MR) is 132 cm³/mol. The zero-order chi connectivity index (χ0) is 24.6. The number of aromatic nitrogens is 2. The summed E-state index contributed by atoms with van der Waals surface area (Å²) in [5, 5.41) is 14.5. The van der Waals surface area contributed by atoms with E-state index in [0.717, 1.165) is 11.1 Å². The van der Waals surface area contributed by atoms with Gasteiger partial charge in [0, 0.05) is 36.5 Å². The number of carboxylic acid groups (broad SMARTS) is 1. The number of alkyl carbamates (subject to hydrolysis) is 1. The lowest BCUT2D eigenvalue weighted by molar-refractivity contribution is -0.141. The van der Waals surface area contributed by atoms with Gasteiger partial charge in [0.2, 0.25) is 5.91 Å². The number of imidazole rings is 1. The van der Waals surface area contributed by atoms with Gasteiger partial charge >= 0.3 is 12.1 Å². The van der Waals surface area contributed by atoms with Crippen LogP contribution in [0.2, 0.25) is 0 Å². The van der Waals surface area contributed by atoms with Crippen LogP contribution in [0.25, 0.3) is 11.1 Å². The SMILES string of the molecule is O=C(CSCCNC(=O)OCC1c2ccccc2-c2ccccc21)N[C@H](Cc1cnc[nH]1)C(=O)O. The summed E-state index contributed by atoms with van der Waals surface area (Å²) in [7, 11) is 0. The van der Waals surface area contributed by atoms with Gasteiger partial charge in [-0.3, -0.25) is 4.79 Å². The number of H-pyrrole nitrogens is 1. The lowest BCUT2D eigenvalue weighted by Gasteiger charge is -2.15. The quantitative estimate of drug-likeness (QED) is 0.301. The van der Waals surface area contributed by atoms with E-state index in [0.29, 0.717) is 18.0 Å². The number of amides is 2. The number of aromatic amines is 1. The summed E-state index contributed by atoms with van der Waals surface area (Å²) < 4.78 is 5.48. The van der Waals surface area contributed by atoms with Crippen LogP contribution in [0.3, 0.4) is 0 Å². The van der Waals surface area contributed by atoms with Gasteiger partial charge in [-0.1, -0.05) is 48.5 Å². The van der Waals surface area contributed by atoms with Crippen molar-refractivity contribution in [2.24, 2.45) is 0 Å². The molecule has 3 aromatic rings. The highest BCUT2D eigenvalue weighted by molar-refractivity contribution is 7.99. The van der Waals surface area contributed by atoms with Gasteiger partial charge in [0.25, 0.3) is 0 Å². The molecule has 0 bridgehead atoms. The average Bonchev–Trinajstić information content (AvgIpc) is 3.48. The van der Waals surface area contributed by atoms with Crippen LogP contribution in [-0.4, -0.2) is 63.7 Å². The van der Waals surface area contributed by atoms with E-state index in [-0.39, 0.29) is 30.6 Å². The zero-order valence-corrected chi connectivity index (χ0v) is 19.7. The molecule has 10 heteroatoms. The van der Waals surface area contributed by atoms with Gasteiger partial charge in [0.15, 0.2) is 0 Å². The number of ether oxygens (including phenoxy) is 1. The first-order valence-corrected chi connectivity index (χ1v) is 12.3. The van der Waals surface area contributed by atoms with E-state index in [4.69, 9.17) is 4.74 Å². The lowest BCUT2D eigenvalue weighted by Crippen LogP contribution is -2.43. The van der Waals surface area contributed by atoms with E-state index in [1.165, 1.54) is 35.4 Å². The molecule has 9 nitrogen and oxygen atoms in total. The fourth-order valence-corrected chi connectivity index (χ4v) is 4.75. The molecule has 0 saturated heterocycles. The minimum atomic E-state index is -1.12. The molecule has 4 rings (SSSR count). The number of carbonyl (C=O) groups is 3. The monoisotopic (exact) mass is 494 g/mol. The fourth-order valence-electron chi connectivity index (χ4n) is 4.09. The molecule has 35 heavy (non-hydrogen) atoms. The van der Waals surface area contributed by atoms with Crippen molar-refractivity contribution in [2.45, 2.75) is 18.4 Å². The molecule has 1 atom stereocenters. The molecule has 0 saturated carbocycles. The molecule has 1 aliphatic carbocycles. The maximum atomic E-state index is 12.2. The van der Waals surface area contributed by atoms with Gasteiger partial charge in [-0.05, 0) is 22.3 Å². The zero-order valence-electron chi connectivity index (χ0n) is 18.9. The first-order chi connectivity index (χ1) is 17.0. The Labute approximate surface area is 206 Å². The molecule has 0 spiro atoms. The normalized spacial score (nSPS) is 12.9. The number of nitrogens with zero attached hydrogens (tertiary/aromatic N) is 1. The Hall–Kier alpha value is -3.79. The number of fused-ring (bicyclic) bond motifs is 3. The Bertz CT molecular complexity index is 1140. The van der Waals surface area contributed by atoms with Crippen LogP contribution in [0.15, 0.2) is 61.1 Å². The average molecular weight is 495 g/mol. The van der Waals surface area contributed by atoms with Crippen LogP contribution in [0.5, 0.6) is 0 Å². The summed E-state index contributed by atoms with van der Waals surface area (Å²) in [4.78, 5) is 42.4. The summed E-state index contributed by atoms with van der Waals surface area (Å²) in [5.41, 5.74) is 5.26. The third-order valence-electron chi connectivity index (χ3n) is 5.70. The highest BCUT2D eigenvalue weighted by Gasteiger charge is 2.29. The number of nitrogens with one attached hydrogen (secondary N) is 3. The van der Waals surface area contributed by atoms with Gasteiger partial charge in [-0.15, -0.1) is 0 Å². The van der Waals surface area contributed by atoms with E-state index in [9.17, 15) is 19.5 Å². The van der Waals surface area contributed by atoms with Crippen LogP contribution in [-0.2, 0) is 20.7 Å². The van der Waals surface area contributed by atoms with Crippen molar-refractivity contribution >= 4 is 29.7 Å². The lowest BCUT2D eigenvalue weighted by atomic mass is 9.98. The Morgan fingerprint density at radius 1 is 1.09 bits per heavy atom. The summed E-state index contributed by atoms with van der Waals surface area (Å²) in [6, 6.07) is 15.2. The predicted octanol–water partition coefficient (Wildman–Crippen LogP) is 2.79. The smallest absolute Gasteiger partial charge is 0.407 e. The topological polar surface area (TPSA) is 133 Å². The summed E-state index contributed by atoms with van der Waals surface area (Å²) in [6.45, 7) is 0.563. The third kappa shape index (κ3) is 6.21. The van der Waals surface area contributed by atoms with Crippen molar-refractivity contribution in [3.8, 4) is 11.1 Å². The van der Waals surface area contributed by atoms with Gasteiger partial charge < -0.3 is 25.5 Å². The standard InChI is InChI=1S/C25H26N4O5S/c30-23(29-22(24(31)32)11-16-12-26-15-28-16)14-35-10-9-27-25(33)34-13-21-19-7-3-1-5-17(19)18-6-2-4-8-20(18)21/h1-8,12,15,21-22H,9-11,13-14H2,(H,26,28)(H,27,33)(H,29,30)(H,31,32)/t22-/m1/s1. The molecule has 0 aliphatic heterocycles. The van der Waals surface area contributed by atoms with Crippen molar-refractivity contribution in [3.63, 3.8) is 0 Å². The van der Waals surface area contributed by atoms with Crippen LogP contribution in [0.1, 0.15) is 22.7 Å². The first kappa shape index (κ1) is 24.3. The van der Waals surface area contributed by atoms with E-state index in [1.54, 1.807) is 0 Å². The molecular formula is C25H26N4O5S. The van der Waals surface area contributed by atoms with Crippen molar-refractivity contribution in [3.05, 3.63) is 77.9 Å². The van der Waals surface area contributed by atoms with Crippen LogP contribution >= 0.6 is 11.8 Å². The number of hydrogen-bond donors (Lipinski definition) is 4. The number of rotatable bonds is 11. The third-order valence-corrected chi connectivity index (χ3v) is 6.66. The maximum absolute atomic E-state index is 12.2. The van der Waals surface area contributed by atoms with Crippen molar-refractivity contribution in [1.82, 2.24) is 20.6 Å². The van der Waals surface area contributed by atoms with E-state index >= 15 is 0 Å². The Kier molecular flexibility index (Phi) is 8.04. The first-order valence-electron chi connectivity index (χ1n) is 11.2. The van der Waals surface area contributed by atoms with Crippen molar-refractivity contribution in [2.75, 3.05) is 24.7 Å². The number of benzene rings is 2. The highest BCUT2D eigenvalue weighted by Crippen LogP contribution is 2.44. The van der Waals surface area contributed by atoms with E-state index in [1.807, 2.05) is 24.3 Å². The van der Waals surface area contributed by atoms with Crippen molar-refractivity contribution in [1.29, 1.82) is 0 Å². The molecule has 4 N–H and O–H groups in total. The number of thioether (sulfide) groups is 1. The van der Waals surface area contributed by atoms with Gasteiger partial charge in [-0.25, -0.2) is 14.6 Å². The largest absolute Gasteiger partial charge is 0.480 e. The van der Waals surface area contributed by atoms with Gasteiger partial charge in [0.05, 0.1) is 12.1 Å². The second-order valence-corrected chi connectivity index (χ2v) is 9.15. The Morgan fingerprint density at radius 3 is 2.40 bits per heavy atom. The van der Waals surface area contributed by atoms with E-state index in [2.05, 4.69) is 44.9 Å². The molecule has 0 radical (unpaired) electrons. The fraction of sp³-hybridized carbons (Fsp3) is 0.280. The maximum Gasteiger partial charge on any atom is 0.407 e. The molecule has 0 fully saturated rings. The van der Waals surface area contributed by atoms with Crippen LogP contribution < -0.4 is 10.6 Å². The number of aliphatic carboxylic acids is 1. The molecule has 1 aromatic heterocycles. The van der Waals surface area contributed by atoms with Gasteiger partial charge in [-0.2, -0.15) is 11.8 Å². The molecule has 2 amide bonds. The van der Waals surface area contributed by atoms with Gasteiger partial charge in [0.1, 0.15) is 12.6 Å². The Morgan fingerprint density at radius 2 is 1.77 bits per heavy atom. The second-order valence-electron chi connectivity index (χ2n) is 8.04. The Balaban J connectivity index is 1.15.